The second kappa shape index (κ2) is 4.99. The molecule has 3 heteroatoms. The average molecular weight is 270 g/mol. The Morgan fingerprint density at radius 1 is 1.40 bits per heavy atom. The minimum atomic E-state index is 0.206. The highest BCUT2D eigenvalue weighted by molar-refractivity contribution is 9.10. The Morgan fingerprint density at radius 2 is 2.13 bits per heavy atom. The number of hydrogen-bond acceptors (Lipinski definition) is 2. The Labute approximate surface area is 98.8 Å². The lowest BCUT2D eigenvalue weighted by Crippen LogP contribution is -2.36. The zero-order valence-corrected chi connectivity index (χ0v) is 10.2. The van der Waals surface area contributed by atoms with Gasteiger partial charge < -0.3 is 10.4 Å². The van der Waals surface area contributed by atoms with E-state index >= 15 is 0 Å². The zero-order chi connectivity index (χ0) is 10.7. The monoisotopic (exact) mass is 269 g/mol. The molecule has 0 spiro atoms. The minimum Gasteiger partial charge on any atom is -0.394 e. The molecule has 2 rings (SSSR count). The number of halogens is 1. The number of benzene rings is 1. The fourth-order valence-corrected chi connectivity index (χ4v) is 2.33. The summed E-state index contributed by atoms with van der Waals surface area (Å²) in [5.74, 6) is 0.641. The maximum atomic E-state index is 9.34. The molecule has 82 valence electrons. The van der Waals surface area contributed by atoms with Crippen molar-refractivity contribution in [3.8, 4) is 0 Å². The van der Waals surface area contributed by atoms with Crippen molar-refractivity contribution in [2.24, 2.45) is 5.92 Å². The van der Waals surface area contributed by atoms with E-state index in [0.29, 0.717) is 5.92 Å². The van der Waals surface area contributed by atoms with Crippen molar-refractivity contribution in [2.75, 3.05) is 11.9 Å². The number of hydrogen-bond donors (Lipinski definition) is 2. The molecule has 1 saturated carbocycles. The topological polar surface area (TPSA) is 32.3 Å². The van der Waals surface area contributed by atoms with Gasteiger partial charge in [-0.25, -0.2) is 0 Å². The van der Waals surface area contributed by atoms with Gasteiger partial charge in [-0.05, 0) is 46.8 Å². The maximum Gasteiger partial charge on any atom is 0.0635 e. The molecule has 1 fully saturated rings. The van der Waals surface area contributed by atoms with Gasteiger partial charge in [0.2, 0.25) is 0 Å². The summed E-state index contributed by atoms with van der Waals surface area (Å²) in [6.07, 6.45) is 3.78. The average Bonchev–Trinajstić information content (AvgIpc) is 2.17. The molecule has 15 heavy (non-hydrogen) atoms. The first-order valence-electron chi connectivity index (χ1n) is 5.43. The van der Waals surface area contributed by atoms with Crippen molar-refractivity contribution >= 4 is 21.6 Å². The van der Waals surface area contributed by atoms with E-state index in [9.17, 15) is 5.11 Å². The molecule has 1 unspecified atom stereocenters. The standard InChI is InChI=1S/C12H16BrNO/c13-10-6-1-2-7-11(10)14-12(8-15)9-4-3-5-9/h1-2,6-7,9,12,14-15H,3-5,8H2. The van der Waals surface area contributed by atoms with Crippen LogP contribution in [0, 0.1) is 5.92 Å². The van der Waals surface area contributed by atoms with Crippen molar-refractivity contribution in [2.45, 2.75) is 25.3 Å². The first-order chi connectivity index (χ1) is 7.31. The molecule has 2 nitrogen and oxygen atoms in total. The van der Waals surface area contributed by atoms with Crippen LogP contribution in [0.5, 0.6) is 0 Å². The SMILES string of the molecule is OCC(Nc1ccccc1Br)C1CCC1. The molecule has 1 aliphatic rings. The molecule has 1 aromatic rings. The van der Waals surface area contributed by atoms with E-state index in [1.165, 1.54) is 19.3 Å². The number of aliphatic hydroxyl groups excluding tert-OH is 1. The summed E-state index contributed by atoms with van der Waals surface area (Å²) in [7, 11) is 0. The van der Waals surface area contributed by atoms with Crippen molar-refractivity contribution < 1.29 is 5.11 Å². The van der Waals surface area contributed by atoms with Crippen LogP contribution in [0.2, 0.25) is 0 Å². The third-order valence-electron chi connectivity index (χ3n) is 3.13. The van der Waals surface area contributed by atoms with Crippen LogP contribution in [0.4, 0.5) is 5.69 Å². The molecule has 0 bridgehead atoms. The van der Waals surface area contributed by atoms with E-state index in [1.807, 2.05) is 24.3 Å². The van der Waals surface area contributed by atoms with Gasteiger partial charge in [-0.15, -0.1) is 0 Å². The Hall–Kier alpha value is -0.540. The normalized spacial score (nSPS) is 18.3. The molecule has 1 atom stereocenters. The van der Waals surface area contributed by atoms with E-state index in [1.54, 1.807) is 0 Å². The van der Waals surface area contributed by atoms with Gasteiger partial charge in [0.05, 0.1) is 12.6 Å². The van der Waals surface area contributed by atoms with Gasteiger partial charge in [-0.2, -0.15) is 0 Å². The molecule has 0 heterocycles. The molecule has 0 aliphatic heterocycles. The molecule has 0 radical (unpaired) electrons. The van der Waals surface area contributed by atoms with Gasteiger partial charge in [0.1, 0.15) is 0 Å². The third kappa shape index (κ3) is 2.52. The summed E-state index contributed by atoms with van der Waals surface area (Å²) in [5.41, 5.74) is 1.07. The van der Waals surface area contributed by atoms with Gasteiger partial charge in [0, 0.05) is 10.2 Å². The molecule has 1 aromatic carbocycles. The first-order valence-corrected chi connectivity index (χ1v) is 6.22. The first kappa shape index (κ1) is 11.0. The molecular formula is C12H16BrNO. The molecule has 1 aliphatic carbocycles. The van der Waals surface area contributed by atoms with E-state index in [4.69, 9.17) is 0 Å². The lowest BCUT2D eigenvalue weighted by atomic mass is 9.80. The van der Waals surface area contributed by atoms with E-state index < -0.39 is 0 Å². The molecule has 0 amide bonds. The van der Waals surface area contributed by atoms with Gasteiger partial charge in [-0.1, -0.05) is 18.6 Å². The zero-order valence-electron chi connectivity index (χ0n) is 8.62. The number of nitrogens with one attached hydrogen (secondary N) is 1. The second-order valence-electron chi connectivity index (χ2n) is 4.10. The highest BCUT2D eigenvalue weighted by atomic mass is 79.9. The van der Waals surface area contributed by atoms with Crippen molar-refractivity contribution in [3.63, 3.8) is 0 Å². The van der Waals surface area contributed by atoms with Gasteiger partial charge in [0.25, 0.3) is 0 Å². The highest BCUT2D eigenvalue weighted by Gasteiger charge is 2.26. The van der Waals surface area contributed by atoms with Crippen LogP contribution in [0.15, 0.2) is 28.7 Å². The fraction of sp³-hybridized carbons (Fsp3) is 0.500. The number of para-hydroxylation sites is 1. The van der Waals surface area contributed by atoms with Crippen molar-refractivity contribution in [1.29, 1.82) is 0 Å². The fourth-order valence-electron chi connectivity index (χ4n) is 1.93. The van der Waals surface area contributed by atoms with E-state index in [0.717, 1.165) is 10.2 Å². The van der Waals surface area contributed by atoms with E-state index in [-0.39, 0.29) is 12.6 Å². The lowest BCUT2D eigenvalue weighted by Gasteiger charge is -2.34. The van der Waals surface area contributed by atoms with Crippen LogP contribution in [-0.4, -0.2) is 17.8 Å². The summed E-state index contributed by atoms with van der Waals surface area (Å²) in [6, 6.07) is 8.25. The van der Waals surface area contributed by atoms with Crippen LogP contribution in [0.25, 0.3) is 0 Å². The Balaban J connectivity index is 2.02. The van der Waals surface area contributed by atoms with Crippen molar-refractivity contribution in [3.05, 3.63) is 28.7 Å². The summed E-state index contributed by atoms with van der Waals surface area (Å²) in [4.78, 5) is 0. The number of anilines is 1. The van der Waals surface area contributed by atoms with Crippen molar-refractivity contribution in [1.82, 2.24) is 0 Å². The Kier molecular flexibility index (Phi) is 3.65. The van der Waals surface area contributed by atoms with Gasteiger partial charge in [0.15, 0.2) is 0 Å². The number of aliphatic hydroxyl groups is 1. The second-order valence-corrected chi connectivity index (χ2v) is 4.96. The van der Waals surface area contributed by atoms with E-state index in [2.05, 4.69) is 21.2 Å². The van der Waals surface area contributed by atoms with Gasteiger partial charge in [-0.3, -0.25) is 0 Å². The Morgan fingerprint density at radius 3 is 2.67 bits per heavy atom. The quantitative estimate of drug-likeness (QED) is 0.881. The molecule has 0 aromatic heterocycles. The summed E-state index contributed by atoms with van der Waals surface area (Å²) < 4.78 is 1.06. The lowest BCUT2D eigenvalue weighted by molar-refractivity contribution is 0.187. The van der Waals surface area contributed by atoms with Crippen LogP contribution in [0.1, 0.15) is 19.3 Å². The van der Waals surface area contributed by atoms with Crippen LogP contribution >= 0.6 is 15.9 Å². The van der Waals surface area contributed by atoms with Gasteiger partial charge >= 0.3 is 0 Å². The largest absolute Gasteiger partial charge is 0.394 e. The summed E-state index contributed by atoms with van der Waals surface area (Å²) in [6.45, 7) is 0.214. The molecule has 0 saturated heterocycles. The number of rotatable bonds is 4. The maximum absolute atomic E-state index is 9.34. The smallest absolute Gasteiger partial charge is 0.0635 e. The predicted octanol–water partition coefficient (Wildman–Crippen LogP) is 3.02. The van der Waals surface area contributed by atoms with Crippen LogP contribution in [-0.2, 0) is 0 Å². The summed E-state index contributed by atoms with van der Waals surface area (Å²) in [5, 5.41) is 12.7. The molecule has 2 N–H and O–H groups in total. The molecular weight excluding hydrogens is 254 g/mol. The van der Waals surface area contributed by atoms with Crippen LogP contribution in [0.3, 0.4) is 0 Å². The Bertz CT molecular complexity index is 325. The predicted molar refractivity (Wildman–Crippen MR) is 66.0 cm³/mol. The minimum absolute atomic E-state index is 0.206. The third-order valence-corrected chi connectivity index (χ3v) is 3.82. The highest BCUT2D eigenvalue weighted by Crippen LogP contribution is 2.32. The van der Waals surface area contributed by atoms with Crippen LogP contribution < -0.4 is 5.32 Å². The summed E-state index contributed by atoms with van der Waals surface area (Å²) >= 11 is 3.50.